The molecule has 22 heavy (non-hydrogen) atoms. The van der Waals surface area contributed by atoms with E-state index in [4.69, 9.17) is 4.74 Å². The van der Waals surface area contributed by atoms with E-state index in [1.54, 1.807) is 0 Å². The van der Waals surface area contributed by atoms with Crippen molar-refractivity contribution < 1.29 is 14.3 Å². The molecule has 0 radical (unpaired) electrons. The van der Waals surface area contributed by atoms with Gasteiger partial charge in [-0.05, 0) is 25.2 Å². The summed E-state index contributed by atoms with van der Waals surface area (Å²) < 4.78 is 5.58. The molecular formula is C18H35NO3. The first-order chi connectivity index (χ1) is 10.2. The van der Waals surface area contributed by atoms with Gasteiger partial charge in [-0.1, -0.05) is 41.5 Å². The van der Waals surface area contributed by atoms with E-state index in [1.165, 1.54) is 0 Å². The minimum Gasteiger partial charge on any atom is -0.461 e. The van der Waals surface area contributed by atoms with Crippen molar-refractivity contribution in [3.05, 3.63) is 0 Å². The van der Waals surface area contributed by atoms with E-state index in [9.17, 15) is 9.59 Å². The quantitative estimate of drug-likeness (QED) is 0.558. The van der Waals surface area contributed by atoms with Gasteiger partial charge in [0.15, 0.2) is 0 Å². The van der Waals surface area contributed by atoms with Crippen molar-refractivity contribution in [3.63, 3.8) is 0 Å². The second kappa shape index (κ2) is 11.6. The van der Waals surface area contributed by atoms with Crippen molar-refractivity contribution in [1.29, 1.82) is 0 Å². The van der Waals surface area contributed by atoms with Crippen LogP contribution in [0, 0.1) is 11.8 Å². The number of ketones is 1. The molecule has 0 aromatic heterocycles. The lowest BCUT2D eigenvalue weighted by atomic mass is 10.0. The Bertz CT molecular complexity index is 312. The molecule has 0 aliphatic rings. The fourth-order valence-corrected chi connectivity index (χ4v) is 2.03. The molecule has 0 heterocycles. The van der Waals surface area contributed by atoms with Gasteiger partial charge in [-0.3, -0.25) is 9.59 Å². The van der Waals surface area contributed by atoms with E-state index in [1.807, 2.05) is 13.8 Å². The largest absolute Gasteiger partial charge is 0.461 e. The zero-order valence-electron chi connectivity index (χ0n) is 15.3. The molecule has 0 aromatic carbocycles. The van der Waals surface area contributed by atoms with Crippen molar-refractivity contribution in [1.82, 2.24) is 5.32 Å². The average Bonchev–Trinajstić information content (AvgIpc) is 2.41. The van der Waals surface area contributed by atoms with E-state index < -0.39 is 0 Å². The number of hydrogen-bond acceptors (Lipinski definition) is 4. The summed E-state index contributed by atoms with van der Waals surface area (Å²) in [5, 5.41) is 3.33. The Morgan fingerprint density at radius 3 is 2.09 bits per heavy atom. The summed E-state index contributed by atoms with van der Waals surface area (Å²) in [5.74, 6) is 0.676. The second-order valence-electron chi connectivity index (χ2n) is 7.12. The maximum absolute atomic E-state index is 11.9. The number of rotatable bonds is 12. The molecule has 4 nitrogen and oxygen atoms in total. The molecule has 0 aromatic rings. The molecule has 0 rings (SSSR count). The summed E-state index contributed by atoms with van der Waals surface area (Å²) in [6.45, 7) is 13.0. The smallest absolute Gasteiger partial charge is 0.306 e. The van der Waals surface area contributed by atoms with Crippen LogP contribution in [0.2, 0.25) is 0 Å². The van der Waals surface area contributed by atoms with E-state index in [0.29, 0.717) is 37.8 Å². The monoisotopic (exact) mass is 313 g/mol. The maximum Gasteiger partial charge on any atom is 0.306 e. The van der Waals surface area contributed by atoms with Crippen LogP contribution >= 0.6 is 0 Å². The summed E-state index contributed by atoms with van der Waals surface area (Å²) in [6.07, 6.45) is 3.24. The fraction of sp³-hybridized carbons (Fsp3) is 0.889. The van der Waals surface area contributed by atoms with Crippen LogP contribution in [0.4, 0.5) is 0 Å². The van der Waals surface area contributed by atoms with Crippen LogP contribution < -0.4 is 5.32 Å². The van der Waals surface area contributed by atoms with Gasteiger partial charge in [0, 0.05) is 31.3 Å². The third-order valence-corrected chi connectivity index (χ3v) is 3.57. The number of Topliss-reactive ketones (excluding diaryl/α,β-unsaturated/α-hetero) is 1. The lowest BCUT2D eigenvalue weighted by Crippen LogP contribution is -2.35. The van der Waals surface area contributed by atoms with Crippen LogP contribution in [-0.4, -0.2) is 30.4 Å². The predicted molar refractivity (Wildman–Crippen MR) is 90.8 cm³/mol. The van der Waals surface area contributed by atoms with Gasteiger partial charge in [0.25, 0.3) is 0 Å². The minimum absolute atomic E-state index is 0.0463. The third-order valence-electron chi connectivity index (χ3n) is 3.57. The number of ether oxygens (including phenoxy) is 1. The summed E-state index contributed by atoms with van der Waals surface area (Å²) >= 11 is 0. The Balaban J connectivity index is 4.15. The predicted octanol–water partition coefficient (Wildman–Crippen LogP) is 3.73. The Morgan fingerprint density at radius 1 is 0.955 bits per heavy atom. The molecule has 0 aliphatic heterocycles. The van der Waals surface area contributed by atoms with Crippen LogP contribution in [0.3, 0.4) is 0 Å². The average molecular weight is 313 g/mol. The highest BCUT2D eigenvalue weighted by Crippen LogP contribution is 2.12. The Kier molecular flexibility index (Phi) is 11.2. The second-order valence-corrected chi connectivity index (χ2v) is 7.12. The number of nitrogens with one attached hydrogen (secondary N) is 1. The van der Waals surface area contributed by atoms with Gasteiger partial charge < -0.3 is 10.1 Å². The van der Waals surface area contributed by atoms with Gasteiger partial charge >= 0.3 is 5.97 Å². The number of esters is 1. The summed E-state index contributed by atoms with van der Waals surface area (Å²) in [7, 11) is 0. The van der Waals surface area contributed by atoms with Crippen LogP contribution in [0.5, 0.6) is 0 Å². The van der Waals surface area contributed by atoms with Crippen molar-refractivity contribution >= 4 is 11.8 Å². The van der Waals surface area contributed by atoms with Crippen LogP contribution in [0.15, 0.2) is 0 Å². The molecule has 1 unspecified atom stereocenters. The van der Waals surface area contributed by atoms with Crippen molar-refractivity contribution in [2.45, 2.75) is 85.8 Å². The minimum atomic E-state index is -0.184. The lowest BCUT2D eigenvalue weighted by Gasteiger charge is -2.21. The van der Waals surface area contributed by atoms with Crippen LogP contribution in [0.25, 0.3) is 0 Å². The third kappa shape index (κ3) is 11.7. The molecule has 0 fully saturated rings. The number of hydrogen-bond donors (Lipinski definition) is 1. The van der Waals surface area contributed by atoms with Crippen molar-refractivity contribution in [2.24, 2.45) is 11.8 Å². The van der Waals surface area contributed by atoms with E-state index in [-0.39, 0.29) is 23.8 Å². The zero-order chi connectivity index (χ0) is 17.1. The van der Waals surface area contributed by atoms with Gasteiger partial charge in [-0.25, -0.2) is 0 Å². The fourth-order valence-electron chi connectivity index (χ4n) is 2.03. The molecule has 0 saturated carbocycles. The Morgan fingerprint density at radius 2 is 1.59 bits per heavy atom. The van der Waals surface area contributed by atoms with E-state index >= 15 is 0 Å². The van der Waals surface area contributed by atoms with Crippen molar-refractivity contribution in [2.75, 3.05) is 6.54 Å². The standard InChI is InChI=1S/C18H35NO3/c1-13(2)10-11-16(12-19-15(5)6)22-18(21)9-7-8-17(20)14(3)4/h13-16,19H,7-12H2,1-6H3. The molecule has 1 N–H and O–H groups in total. The van der Waals surface area contributed by atoms with Crippen LogP contribution in [0.1, 0.15) is 73.6 Å². The van der Waals surface area contributed by atoms with Gasteiger partial charge in [0.2, 0.25) is 0 Å². The first kappa shape index (κ1) is 21.1. The molecule has 0 spiro atoms. The molecule has 0 bridgehead atoms. The number of carbonyl (C=O) groups is 2. The maximum atomic E-state index is 11.9. The Labute approximate surface area is 136 Å². The first-order valence-corrected chi connectivity index (χ1v) is 8.67. The molecule has 0 amide bonds. The summed E-state index contributed by atoms with van der Waals surface area (Å²) in [6, 6.07) is 0.379. The SMILES string of the molecule is CC(C)CCC(CNC(C)C)OC(=O)CCCC(=O)C(C)C. The molecule has 4 heteroatoms. The van der Waals surface area contributed by atoms with E-state index in [0.717, 1.165) is 12.8 Å². The lowest BCUT2D eigenvalue weighted by molar-refractivity contribution is -0.149. The topological polar surface area (TPSA) is 55.4 Å². The first-order valence-electron chi connectivity index (χ1n) is 8.67. The highest BCUT2D eigenvalue weighted by molar-refractivity contribution is 5.80. The highest BCUT2D eigenvalue weighted by atomic mass is 16.5. The molecule has 0 aliphatic carbocycles. The zero-order valence-corrected chi connectivity index (χ0v) is 15.3. The van der Waals surface area contributed by atoms with Crippen LogP contribution in [-0.2, 0) is 14.3 Å². The molecular weight excluding hydrogens is 278 g/mol. The Hall–Kier alpha value is -0.900. The van der Waals surface area contributed by atoms with Gasteiger partial charge in [0.1, 0.15) is 11.9 Å². The molecule has 1 atom stereocenters. The normalized spacial score (nSPS) is 13.0. The molecule has 130 valence electrons. The van der Waals surface area contributed by atoms with Crippen molar-refractivity contribution in [3.8, 4) is 0 Å². The summed E-state index contributed by atoms with van der Waals surface area (Å²) in [4.78, 5) is 23.5. The summed E-state index contributed by atoms with van der Waals surface area (Å²) in [5.41, 5.74) is 0. The number of carbonyl (C=O) groups excluding carboxylic acids is 2. The highest BCUT2D eigenvalue weighted by Gasteiger charge is 2.16. The van der Waals surface area contributed by atoms with E-state index in [2.05, 4.69) is 33.0 Å². The van der Waals surface area contributed by atoms with Gasteiger partial charge in [0.05, 0.1) is 0 Å². The van der Waals surface area contributed by atoms with Gasteiger partial charge in [-0.2, -0.15) is 0 Å². The molecule has 0 saturated heterocycles. The van der Waals surface area contributed by atoms with Gasteiger partial charge in [-0.15, -0.1) is 0 Å².